The predicted molar refractivity (Wildman–Crippen MR) is 115 cm³/mol. The number of carbonyl (C=O) groups is 1. The molecule has 1 saturated carbocycles. The van der Waals surface area contributed by atoms with Gasteiger partial charge in [-0.15, -0.1) is 0 Å². The number of carbonyl (C=O) groups excluding carboxylic acids is 1. The molecule has 1 aliphatic heterocycles. The number of piperidine rings is 1. The van der Waals surface area contributed by atoms with Crippen molar-refractivity contribution in [3.05, 3.63) is 24.3 Å². The molecule has 1 aromatic carbocycles. The maximum atomic E-state index is 13.0. The van der Waals surface area contributed by atoms with E-state index in [-0.39, 0.29) is 11.8 Å². The van der Waals surface area contributed by atoms with Crippen LogP contribution in [0.5, 0.6) is 5.75 Å². The lowest BCUT2D eigenvalue weighted by molar-refractivity contribution is -0.126. The minimum absolute atomic E-state index is 0.0421. The number of anilines is 1. The monoisotopic (exact) mass is 412 g/mol. The fraction of sp³-hybridized carbons (Fsp3) is 0.609. The molecule has 7 nitrogen and oxygen atoms in total. The third-order valence-electron chi connectivity index (χ3n) is 6.86. The first-order valence-corrected chi connectivity index (χ1v) is 11.1. The van der Waals surface area contributed by atoms with Gasteiger partial charge in [0.1, 0.15) is 5.75 Å². The van der Waals surface area contributed by atoms with E-state index in [4.69, 9.17) is 9.26 Å². The molecule has 0 unspecified atom stereocenters. The van der Waals surface area contributed by atoms with Crippen LogP contribution in [-0.2, 0) is 4.79 Å². The largest absolute Gasteiger partial charge is 0.497 e. The Labute approximate surface area is 178 Å². The van der Waals surface area contributed by atoms with Crippen LogP contribution in [0.15, 0.2) is 28.8 Å². The lowest BCUT2D eigenvalue weighted by atomic mass is 9.78. The second-order valence-corrected chi connectivity index (χ2v) is 8.80. The minimum atomic E-state index is -0.0421. The van der Waals surface area contributed by atoms with Crippen LogP contribution in [-0.4, -0.2) is 42.3 Å². The number of methoxy groups -OCH3 is 1. The van der Waals surface area contributed by atoms with Gasteiger partial charge >= 0.3 is 6.01 Å². The lowest BCUT2D eigenvalue weighted by Crippen LogP contribution is -2.49. The molecule has 1 amide bonds. The van der Waals surface area contributed by atoms with E-state index in [1.165, 1.54) is 12.8 Å². The summed E-state index contributed by atoms with van der Waals surface area (Å²) in [5.74, 6) is 2.66. The molecule has 1 aromatic heterocycles. The van der Waals surface area contributed by atoms with Crippen molar-refractivity contribution in [2.45, 2.75) is 52.0 Å². The zero-order chi connectivity index (χ0) is 21.1. The van der Waals surface area contributed by atoms with Gasteiger partial charge in [0.15, 0.2) is 0 Å². The zero-order valence-corrected chi connectivity index (χ0v) is 18.1. The standard InChI is InChI=1S/C23H32N4O3/c1-15-6-4-8-20(16(15)2)24-22(28)18-7-5-13-27(14-18)23-25-21(26-30-23)17-9-11-19(29-3)12-10-17/h9-12,15-16,18,20H,4-8,13-14H2,1-3H3,(H,24,28)/t15-,16+,18+,20-/m1/s1. The van der Waals surface area contributed by atoms with Gasteiger partial charge in [0.05, 0.1) is 13.0 Å². The first-order chi connectivity index (χ1) is 14.5. The number of hydrogen-bond acceptors (Lipinski definition) is 6. The summed E-state index contributed by atoms with van der Waals surface area (Å²) in [6, 6.07) is 8.34. The first-order valence-electron chi connectivity index (χ1n) is 11.1. The molecular weight excluding hydrogens is 380 g/mol. The molecule has 2 fully saturated rings. The second-order valence-electron chi connectivity index (χ2n) is 8.80. The number of amides is 1. The topological polar surface area (TPSA) is 80.5 Å². The molecule has 2 aliphatic rings. The number of ether oxygens (including phenoxy) is 1. The summed E-state index contributed by atoms with van der Waals surface area (Å²) in [5, 5.41) is 7.47. The van der Waals surface area contributed by atoms with Crippen LogP contribution in [0.3, 0.4) is 0 Å². The Hall–Kier alpha value is -2.57. The van der Waals surface area contributed by atoms with E-state index in [0.29, 0.717) is 36.3 Å². The number of hydrogen-bond donors (Lipinski definition) is 1. The summed E-state index contributed by atoms with van der Waals surface area (Å²) in [6.45, 7) is 6.00. The van der Waals surface area contributed by atoms with Crippen molar-refractivity contribution < 1.29 is 14.1 Å². The van der Waals surface area contributed by atoms with Crippen molar-refractivity contribution in [3.8, 4) is 17.1 Å². The summed E-state index contributed by atoms with van der Waals surface area (Å²) < 4.78 is 10.7. The number of aromatic nitrogens is 2. The SMILES string of the molecule is COc1ccc(-c2noc(N3CCC[C@H](C(=O)N[C@@H]4CCC[C@@H](C)[C@@H]4C)C3)n2)cc1. The van der Waals surface area contributed by atoms with E-state index in [2.05, 4.69) is 29.3 Å². The summed E-state index contributed by atoms with van der Waals surface area (Å²) in [5.41, 5.74) is 0.873. The number of rotatable bonds is 5. The summed E-state index contributed by atoms with van der Waals surface area (Å²) in [7, 11) is 1.64. The Morgan fingerprint density at radius 2 is 1.97 bits per heavy atom. The van der Waals surface area contributed by atoms with Gasteiger partial charge in [-0.2, -0.15) is 4.98 Å². The third kappa shape index (κ3) is 4.45. The molecule has 2 heterocycles. The Kier molecular flexibility index (Phi) is 6.25. The van der Waals surface area contributed by atoms with Crippen LogP contribution in [0.1, 0.15) is 46.0 Å². The molecule has 0 spiro atoms. The fourth-order valence-corrected chi connectivity index (χ4v) is 4.65. The van der Waals surface area contributed by atoms with Crippen molar-refractivity contribution in [1.29, 1.82) is 0 Å². The fourth-order valence-electron chi connectivity index (χ4n) is 4.65. The van der Waals surface area contributed by atoms with Crippen molar-refractivity contribution in [1.82, 2.24) is 15.5 Å². The van der Waals surface area contributed by atoms with Gasteiger partial charge in [-0.25, -0.2) is 0 Å². The molecule has 4 atom stereocenters. The van der Waals surface area contributed by atoms with Crippen LogP contribution in [0.4, 0.5) is 6.01 Å². The molecule has 7 heteroatoms. The second kappa shape index (κ2) is 9.06. The minimum Gasteiger partial charge on any atom is -0.497 e. The van der Waals surface area contributed by atoms with E-state index in [1.54, 1.807) is 7.11 Å². The maximum Gasteiger partial charge on any atom is 0.324 e. The molecule has 162 valence electrons. The third-order valence-corrected chi connectivity index (χ3v) is 6.86. The van der Waals surface area contributed by atoms with Gasteiger partial charge in [-0.1, -0.05) is 31.8 Å². The van der Waals surface area contributed by atoms with Gasteiger partial charge < -0.3 is 19.5 Å². The molecule has 1 N–H and O–H groups in total. The van der Waals surface area contributed by atoms with E-state index < -0.39 is 0 Å². The van der Waals surface area contributed by atoms with E-state index in [9.17, 15) is 4.79 Å². The number of nitrogens with one attached hydrogen (secondary N) is 1. The molecule has 0 radical (unpaired) electrons. The van der Waals surface area contributed by atoms with Gasteiger partial charge in [0, 0.05) is 24.7 Å². The van der Waals surface area contributed by atoms with Crippen molar-refractivity contribution in [2.75, 3.05) is 25.1 Å². The summed E-state index contributed by atoms with van der Waals surface area (Å²) in [4.78, 5) is 19.6. The van der Waals surface area contributed by atoms with Crippen LogP contribution in [0, 0.1) is 17.8 Å². The quantitative estimate of drug-likeness (QED) is 0.802. The molecule has 4 rings (SSSR count). The summed E-state index contributed by atoms with van der Waals surface area (Å²) >= 11 is 0. The zero-order valence-electron chi connectivity index (χ0n) is 18.1. The van der Waals surface area contributed by atoms with Crippen LogP contribution < -0.4 is 15.0 Å². The van der Waals surface area contributed by atoms with Gasteiger partial charge in [0.2, 0.25) is 11.7 Å². The first kappa shape index (κ1) is 20.7. The maximum absolute atomic E-state index is 13.0. The molecule has 1 aliphatic carbocycles. The highest BCUT2D eigenvalue weighted by Crippen LogP contribution is 2.30. The highest BCUT2D eigenvalue weighted by atomic mass is 16.5. The van der Waals surface area contributed by atoms with Crippen molar-refractivity contribution in [3.63, 3.8) is 0 Å². The van der Waals surface area contributed by atoms with Crippen LogP contribution in [0.2, 0.25) is 0 Å². The normalized spacial score (nSPS) is 27.0. The number of nitrogens with zero attached hydrogens (tertiary/aromatic N) is 3. The molecule has 30 heavy (non-hydrogen) atoms. The smallest absolute Gasteiger partial charge is 0.324 e. The molecule has 0 bridgehead atoms. The lowest BCUT2D eigenvalue weighted by Gasteiger charge is -2.37. The molecule has 2 aromatic rings. The van der Waals surface area contributed by atoms with Gasteiger partial charge in [-0.05, 0) is 55.4 Å². The highest BCUT2D eigenvalue weighted by molar-refractivity contribution is 5.79. The Balaban J connectivity index is 1.39. The predicted octanol–water partition coefficient (Wildman–Crippen LogP) is 3.90. The Morgan fingerprint density at radius 3 is 2.73 bits per heavy atom. The average molecular weight is 413 g/mol. The Morgan fingerprint density at radius 1 is 1.17 bits per heavy atom. The van der Waals surface area contributed by atoms with Crippen molar-refractivity contribution >= 4 is 11.9 Å². The molecular formula is C23H32N4O3. The summed E-state index contributed by atoms with van der Waals surface area (Å²) in [6.07, 6.45) is 5.39. The van der Waals surface area contributed by atoms with Crippen LogP contribution >= 0.6 is 0 Å². The van der Waals surface area contributed by atoms with E-state index in [1.807, 2.05) is 29.2 Å². The highest BCUT2D eigenvalue weighted by Gasteiger charge is 2.33. The van der Waals surface area contributed by atoms with E-state index >= 15 is 0 Å². The van der Waals surface area contributed by atoms with Crippen molar-refractivity contribution in [2.24, 2.45) is 17.8 Å². The average Bonchev–Trinajstić information content (AvgIpc) is 3.27. The van der Waals surface area contributed by atoms with E-state index in [0.717, 1.165) is 37.1 Å². The Bertz CT molecular complexity index is 850. The van der Waals surface area contributed by atoms with Gasteiger partial charge in [0.25, 0.3) is 0 Å². The van der Waals surface area contributed by atoms with Crippen LogP contribution in [0.25, 0.3) is 11.4 Å². The molecule has 1 saturated heterocycles. The van der Waals surface area contributed by atoms with Gasteiger partial charge in [-0.3, -0.25) is 4.79 Å². The number of benzene rings is 1.